The molecule has 5 rings (SSSR count). The first-order valence-electron chi connectivity index (χ1n) is 9.05. The molecule has 0 aliphatic heterocycles. The first kappa shape index (κ1) is 17.4. The summed E-state index contributed by atoms with van der Waals surface area (Å²) in [5, 5.41) is 13.4. The molecule has 0 saturated heterocycles. The number of hydrogen-bond donors (Lipinski definition) is 0. The summed E-state index contributed by atoms with van der Waals surface area (Å²) in [4.78, 5) is 4.27. The average molecular weight is 387 g/mol. The first-order chi connectivity index (χ1) is 14.0. The zero-order valence-electron chi connectivity index (χ0n) is 15.4. The fraction of sp³-hybridized carbons (Fsp3) is 0.0909. The Morgan fingerprint density at radius 3 is 2.69 bits per heavy atom. The zero-order chi connectivity index (χ0) is 20.0. The highest BCUT2D eigenvalue weighted by Gasteiger charge is 2.35. The minimum atomic E-state index is -1.95. The van der Waals surface area contributed by atoms with E-state index in [2.05, 4.69) is 20.3 Å². The fourth-order valence-electron chi connectivity index (χ4n) is 3.38. The van der Waals surface area contributed by atoms with Crippen molar-refractivity contribution in [1.29, 1.82) is 0 Å². The van der Waals surface area contributed by atoms with Gasteiger partial charge in [0.15, 0.2) is 17.1 Å². The summed E-state index contributed by atoms with van der Waals surface area (Å²) < 4.78 is 31.0. The number of nitrogens with zero attached hydrogens (tertiary/aromatic N) is 5. The quantitative estimate of drug-likeness (QED) is 0.450. The Morgan fingerprint density at radius 2 is 1.83 bits per heavy atom. The number of halogens is 2. The van der Waals surface area contributed by atoms with E-state index in [9.17, 15) is 4.39 Å². The van der Waals surface area contributed by atoms with Crippen molar-refractivity contribution < 1.29 is 8.78 Å². The topological polar surface area (TPSA) is 56.0 Å². The predicted octanol–water partition coefficient (Wildman–Crippen LogP) is 4.71. The maximum atomic E-state index is 16.0. The highest BCUT2D eigenvalue weighted by Crippen LogP contribution is 2.34. The molecule has 142 valence electrons. The highest BCUT2D eigenvalue weighted by atomic mass is 19.1. The fourth-order valence-corrected chi connectivity index (χ4v) is 3.38. The van der Waals surface area contributed by atoms with Gasteiger partial charge in [0.2, 0.25) is 0 Å². The van der Waals surface area contributed by atoms with Crippen LogP contribution in [-0.2, 0) is 5.67 Å². The zero-order valence-corrected chi connectivity index (χ0v) is 15.4. The summed E-state index contributed by atoms with van der Waals surface area (Å²) in [6.07, 6.45) is 1.69. The third kappa shape index (κ3) is 2.91. The van der Waals surface area contributed by atoms with Crippen LogP contribution in [0.2, 0.25) is 0 Å². The van der Waals surface area contributed by atoms with Crippen molar-refractivity contribution in [2.75, 3.05) is 0 Å². The van der Waals surface area contributed by atoms with E-state index in [1.807, 2.05) is 6.07 Å². The summed E-state index contributed by atoms with van der Waals surface area (Å²) in [6, 6.07) is 18.4. The highest BCUT2D eigenvalue weighted by molar-refractivity contribution is 5.79. The van der Waals surface area contributed by atoms with E-state index in [-0.39, 0.29) is 11.6 Å². The molecule has 5 nitrogen and oxygen atoms in total. The molecule has 0 saturated carbocycles. The van der Waals surface area contributed by atoms with Gasteiger partial charge in [-0.15, -0.1) is 10.2 Å². The van der Waals surface area contributed by atoms with E-state index < -0.39 is 5.67 Å². The van der Waals surface area contributed by atoms with Crippen molar-refractivity contribution in [3.63, 3.8) is 0 Å². The van der Waals surface area contributed by atoms with Gasteiger partial charge in [0.25, 0.3) is 0 Å². The first-order valence-corrected chi connectivity index (χ1v) is 9.05. The molecule has 29 heavy (non-hydrogen) atoms. The summed E-state index contributed by atoms with van der Waals surface area (Å²) in [6.45, 7) is 1.43. The second-order valence-corrected chi connectivity index (χ2v) is 6.94. The van der Waals surface area contributed by atoms with Gasteiger partial charge in [-0.05, 0) is 55.0 Å². The van der Waals surface area contributed by atoms with Crippen LogP contribution in [0, 0.1) is 5.82 Å². The number of alkyl halides is 1. The molecule has 3 aromatic heterocycles. The second kappa shape index (κ2) is 6.41. The molecule has 0 bridgehead atoms. The van der Waals surface area contributed by atoms with E-state index in [4.69, 9.17) is 0 Å². The van der Waals surface area contributed by atoms with Gasteiger partial charge >= 0.3 is 0 Å². The monoisotopic (exact) mass is 387 g/mol. The number of hydrogen-bond acceptors (Lipinski definition) is 4. The lowest BCUT2D eigenvalue weighted by atomic mass is 9.95. The number of pyridine rings is 1. The minimum Gasteiger partial charge on any atom is -0.256 e. The Kier molecular flexibility index (Phi) is 3.84. The summed E-state index contributed by atoms with van der Waals surface area (Å²) in [7, 11) is 0. The lowest BCUT2D eigenvalue weighted by Crippen LogP contribution is -2.22. The smallest absolute Gasteiger partial charge is 0.196 e. The Hall–Kier alpha value is -3.74. The maximum absolute atomic E-state index is 16.0. The van der Waals surface area contributed by atoms with Crippen LogP contribution < -0.4 is 0 Å². The summed E-state index contributed by atoms with van der Waals surface area (Å²) in [5.41, 5.74) is 0.749. The average Bonchev–Trinajstić information content (AvgIpc) is 3.17. The van der Waals surface area contributed by atoms with Gasteiger partial charge in [-0.1, -0.05) is 24.3 Å². The van der Waals surface area contributed by atoms with Gasteiger partial charge in [-0.25, -0.2) is 8.78 Å². The van der Waals surface area contributed by atoms with Gasteiger partial charge in [-0.2, -0.15) is 9.61 Å². The largest absolute Gasteiger partial charge is 0.256 e. The predicted molar refractivity (Wildman–Crippen MR) is 105 cm³/mol. The van der Waals surface area contributed by atoms with Crippen molar-refractivity contribution >= 4 is 16.6 Å². The molecule has 2 aromatic carbocycles. The lowest BCUT2D eigenvalue weighted by molar-refractivity contribution is 0.232. The SMILES string of the molecule is CC(F)(c1ccc2ncccc2c1)c1nnc2ccc(-c3cccc(F)c3)nn12. The third-order valence-corrected chi connectivity index (χ3v) is 4.95. The van der Waals surface area contributed by atoms with E-state index in [1.165, 1.54) is 23.6 Å². The lowest BCUT2D eigenvalue weighted by Gasteiger charge is -2.19. The summed E-state index contributed by atoms with van der Waals surface area (Å²) >= 11 is 0. The molecular weight excluding hydrogens is 372 g/mol. The normalized spacial score (nSPS) is 13.6. The van der Waals surface area contributed by atoms with Crippen molar-refractivity contribution in [3.8, 4) is 11.3 Å². The Morgan fingerprint density at radius 1 is 0.931 bits per heavy atom. The molecule has 1 unspecified atom stereocenters. The van der Waals surface area contributed by atoms with Crippen LogP contribution in [0.4, 0.5) is 8.78 Å². The molecule has 5 aromatic rings. The number of rotatable bonds is 3. The Balaban J connectivity index is 1.65. The van der Waals surface area contributed by atoms with Crippen LogP contribution in [0.1, 0.15) is 18.3 Å². The molecule has 1 atom stereocenters. The van der Waals surface area contributed by atoms with Crippen molar-refractivity contribution in [2.45, 2.75) is 12.6 Å². The maximum Gasteiger partial charge on any atom is 0.196 e. The van der Waals surface area contributed by atoms with E-state index in [1.54, 1.807) is 54.7 Å². The minimum absolute atomic E-state index is 0.0500. The Bertz CT molecular complexity index is 1360. The molecular formula is C22H15F2N5. The van der Waals surface area contributed by atoms with Gasteiger partial charge in [0.1, 0.15) is 5.82 Å². The molecule has 0 radical (unpaired) electrons. The van der Waals surface area contributed by atoms with Crippen molar-refractivity contribution in [3.05, 3.63) is 90.1 Å². The van der Waals surface area contributed by atoms with E-state index in [0.717, 1.165) is 10.9 Å². The Labute approximate surface area is 164 Å². The van der Waals surface area contributed by atoms with Crippen LogP contribution in [0.15, 0.2) is 72.9 Å². The molecule has 3 heterocycles. The molecule has 7 heteroatoms. The third-order valence-electron chi connectivity index (χ3n) is 4.95. The second-order valence-electron chi connectivity index (χ2n) is 6.94. The van der Waals surface area contributed by atoms with Gasteiger partial charge in [0.05, 0.1) is 11.2 Å². The van der Waals surface area contributed by atoms with E-state index in [0.29, 0.717) is 22.5 Å². The van der Waals surface area contributed by atoms with Crippen molar-refractivity contribution in [2.24, 2.45) is 0 Å². The van der Waals surface area contributed by atoms with Gasteiger partial charge < -0.3 is 0 Å². The van der Waals surface area contributed by atoms with Crippen LogP contribution in [0.3, 0.4) is 0 Å². The molecule has 0 amide bonds. The van der Waals surface area contributed by atoms with Crippen molar-refractivity contribution in [1.82, 2.24) is 24.8 Å². The van der Waals surface area contributed by atoms with Gasteiger partial charge in [-0.3, -0.25) is 4.98 Å². The number of benzene rings is 2. The van der Waals surface area contributed by atoms with Crippen LogP contribution in [0.5, 0.6) is 0 Å². The number of fused-ring (bicyclic) bond motifs is 2. The molecule has 0 spiro atoms. The van der Waals surface area contributed by atoms with Crippen LogP contribution in [-0.4, -0.2) is 24.8 Å². The molecule has 0 N–H and O–H groups in total. The number of aromatic nitrogens is 5. The molecule has 0 aliphatic carbocycles. The van der Waals surface area contributed by atoms with Gasteiger partial charge in [0, 0.05) is 17.1 Å². The molecule has 0 fully saturated rings. The standard InChI is InChI=1S/C22H15F2N5/c1-22(24,16-7-8-18-14(12-16)5-3-11-25-18)21-27-26-20-10-9-19(28-29(20)21)15-4-2-6-17(23)13-15/h2-13H,1H3. The van der Waals surface area contributed by atoms with E-state index >= 15 is 4.39 Å². The van der Waals surface area contributed by atoms with Crippen LogP contribution in [0.25, 0.3) is 27.8 Å². The molecule has 0 aliphatic rings. The van der Waals surface area contributed by atoms with Crippen LogP contribution >= 0.6 is 0 Å². The summed E-state index contributed by atoms with van der Waals surface area (Å²) in [5.74, 6) is -0.317.